The van der Waals surface area contributed by atoms with Crippen molar-refractivity contribution >= 4 is 5.91 Å². The van der Waals surface area contributed by atoms with E-state index < -0.39 is 0 Å². The monoisotopic (exact) mass is 334 g/mol. The number of hydrogen-bond acceptors (Lipinski definition) is 3. The van der Waals surface area contributed by atoms with Crippen molar-refractivity contribution in [2.45, 2.75) is 38.2 Å². The van der Waals surface area contributed by atoms with E-state index in [4.69, 9.17) is 4.74 Å². The first-order valence-corrected chi connectivity index (χ1v) is 9.07. The number of piperazine rings is 1. The van der Waals surface area contributed by atoms with E-state index in [9.17, 15) is 9.18 Å². The molecule has 1 amide bonds. The Hall–Kier alpha value is -1.46. The minimum atomic E-state index is -0.126. The summed E-state index contributed by atoms with van der Waals surface area (Å²) >= 11 is 0. The van der Waals surface area contributed by atoms with E-state index in [1.807, 2.05) is 17.0 Å². The number of carbonyl (C=O) groups is 1. The molecule has 2 aliphatic heterocycles. The summed E-state index contributed by atoms with van der Waals surface area (Å²) in [4.78, 5) is 16.6. The lowest BCUT2D eigenvalue weighted by molar-refractivity contribution is -0.136. The van der Waals surface area contributed by atoms with Crippen LogP contribution in [0.15, 0.2) is 24.3 Å². The van der Waals surface area contributed by atoms with Gasteiger partial charge in [-0.3, -0.25) is 9.69 Å². The molecule has 0 N–H and O–H groups in total. The molecule has 0 aromatic heterocycles. The second-order valence-electron chi connectivity index (χ2n) is 6.76. The van der Waals surface area contributed by atoms with Crippen LogP contribution in [0.4, 0.5) is 4.39 Å². The van der Waals surface area contributed by atoms with Gasteiger partial charge in [0.2, 0.25) is 5.91 Å². The van der Waals surface area contributed by atoms with Crippen molar-refractivity contribution in [3.63, 3.8) is 0 Å². The van der Waals surface area contributed by atoms with Crippen LogP contribution in [0.2, 0.25) is 0 Å². The van der Waals surface area contributed by atoms with Crippen LogP contribution < -0.4 is 0 Å². The van der Waals surface area contributed by atoms with Crippen LogP contribution in [-0.2, 0) is 16.0 Å². The minimum Gasteiger partial charge on any atom is -0.378 e. The predicted octanol–water partition coefficient (Wildman–Crippen LogP) is 2.47. The van der Waals surface area contributed by atoms with Crippen molar-refractivity contribution in [2.75, 3.05) is 39.3 Å². The van der Waals surface area contributed by atoms with Gasteiger partial charge >= 0.3 is 0 Å². The third kappa shape index (κ3) is 4.77. The molecule has 2 saturated heterocycles. The quantitative estimate of drug-likeness (QED) is 0.829. The zero-order valence-electron chi connectivity index (χ0n) is 14.3. The summed E-state index contributed by atoms with van der Waals surface area (Å²) in [5, 5.41) is 0. The van der Waals surface area contributed by atoms with E-state index in [1.54, 1.807) is 6.07 Å². The zero-order valence-corrected chi connectivity index (χ0v) is 14.3. The van der Waals surface area contributed by atoms with Crippen molar-refractivity contribution in [1.82, 2.24) is 9.80 Å². The number of hydrogen-bond donors (Lipinski definition) is 0. The third-order valence-corrected chi connectivity index (χ3v) is 5.06. The minimum absolute atomic E-state index is 0.116. The van der Waals surface area contributed by atoms with Crippen LogP contribution in [0.25, 0.3) is 0 Å². The maximum absolute atomic E-state index is 13.7. The Bertz CT molecular complexity index is 538. The fourth-order valence-corrected chi connectivity index (χ4v) is 3.49. The van der Waals surface area contributed by atoms with E-state index in [0.29, 0.717) is 6.42 Å². The van der Waals surface area contributed by atoms with Gasteiger partial charge in [-0.15, -0.1) is 0 Å². The molecule has 132 valence electrons. The van der Waals surface area contributed by atoms with Gasteiger partial charge < -0.3 is 9.64 Å². The van der Waals surface area contributed by atoms with E-state index in [2.05, 4.69) is 4.90 Å². The molecule has 1 aromatic rings. The Morgan fingerprint density at radius 3 is 2.67 bits per heavy atom. The van der Waals surface area contributed by atoms with Gasteiger partial charge in [0, 0.05) is 39.3 Å². The SMILES string of the molecule is O=C(CC1CCCCO1)N1CCN(CCc2ccccc2F)CC1. The number of benzene rings is 1. The molecule has 0 spiro atoms. The molecule has 3 rings (SSSR count). The molecule has 5 heteroatoms. The van der Waals surface area contributed by atoms with E-state index >= 15 is 0 Å². The predicted molar refractivity (Wildman–Crippen MR) is 91.3 cm³/mol. The molecule has 2 fully saturated rings. The summed E-state index contributed by atoms with van der Waals surface area (Å²) in [6.07, 6.45) is 4.65. The number of rotatable bonds is 5. The van der Waals surface area contributed by atoms with Gasteiger partial charge in [-0.05, 0) is 37.3 Å². The zero-order chi connectivity index (χ0) is 16.8. The number of nitrogens with zero attached hydrogens (tertiary/aromatic N) is 2. The van der Waals surface area contributed by atoms with Crippen molar-refractivity contribution in [3.05, 3.63) is 35.6 Å². The molecule has 1 atom stereocenters. The maximum atomic E-state index is 13.7. The number of ether oxygens (including phenoxy) is 1. The largest absolute Gasteiger partial charge is 0.378 e. The molecule has 24 heavy (non-hydrogen) atoms. The molecule has 4 nitrogen and oxygen atoms in total. The fourth-order valence-electron chi connectivity index (χ4n) is 3.49. The van der Waals surface area contributed by atoms with Crippen molar-refractivity contribution in [2.24, 2.45) is 0 Å². The van der Waals surface area contributed by atoms with Crippen LogP contribution in [0.5, 0.6) is 0 Å². The molecule has 1 aromatic carbocycles. The summed E-state index contributed by atoms with van der Waals surface area (Å²) < 4.78 is 19.3. The van der Waals surface area contributed by atoms with Gasteiger partial charge in [0.05, 0.1) is 12.5 Å². The molecule has 0 aliphatic carbocycles. The van der Waals surface area contributed by atoms with Gasteiger partial charge in [-0.25, -0.2) is 4.39 Å². The highest BCUT2D eigenvalue weighted by Gasteiger charge is 2.24. The lowest BCUT2D eigenvalue weighted by Gasteiger charge is -2.35. The van der Waals surface area contributed by atoms with Gasteiger partial charge in [-0.1, -0.05) is 18.2 Å². The Kier molecular flexibility index (Phi) is 6.21. The topological polar surface area (TPSA) is 32.8 Å². The molecule has 2 heterocycles. The summed E-state index contributed by atoms with van der Waals surface area (Å²) in [7, 11) is 0. The van der Waals surface area contributed by atoms with Gasteiger partial charge in [-0.2, -0.15) is 0 Å². The number of amides is 1. The standard InChI is InChI=1S/C19H27FN2O2/c20-18-7-2-1-5-16(18)8-9-21-10-12-22(13-11-21)19(23)15-17-6-3-4-14-24-17/h1-2,5,7,17H,3-4,6,8-15H2. The summed E-state index contributed by atoms with van der Waals surface area (Å²) in [5.41, 5.74) is 0.769. The van der Waals surface area contributed by atoms with Gasteiger partial charge in [0.15, 0.2) is 0 Å². The normalized spacial score (nSPS) is 22.5. The molecule has 0 saturated carbocycles. The molecule has 2 aliphatic rings. The second kappa shape index (κ2) is 8.58. The molecule has 0 bridgehead atoms. The van der Waals surface area contributed by atoms with Crippen LogP contribution in [0.3, 0.4) is 0 Å². The first kappa shape index (κ1) is 17.4. The highest BCUT2D eigenvalue weighted by molar-refractivity contribution is 5.76. The molecule has 0 radical (unpaired) electrons. The van der Waals surface area contributed by atoms with Gasteiger partial charge in [0.25, 0.3) is 0 Å². The fraction of sp³-hybridized carbons (Fsp3) is 0.632. The first-order chi connectivity index (χ1) is 11.7. The lowest BCUT2D eigenvalue weighted by atomic mass is 10.1. The average molecular weight is 334 g/mol. The summed E-state index contributed by atoms with van der Waals surface area (Å²) in [6.45, 7) is 4.90. The highest BCUT2D eigenvalue weighted by atomic mass is 19.1. The van der Waals surface area contributed by atoms with Crippen molar-refractivity contribution < 1.29 is 13.9 Å². The Morgan fingerprint density at radius 1 is 1.17 bits per heavy atom. The van der Waals surface area contributed by atoms with Crippen LogP contribution in [-0.4, -0.2) is 61.1 Å². The third-order valence-electron chi connectivity index (χ3n) is 5.06. The van der Waals surface area contributed by atoms with E-state index in [0.717, 1.165) is 64.2 Å². The van der Waals surface area contributed by atoms with Gasteiger partial charge in [0.1, 0.15) is 5.82 Å². The Morgan fingerprint density at radius 2 is 1.96 bits per heavy atom. The van der Waals surface area contributed by atoms with Crippen LogP contribution in [0.1, 0.15) is 31.2 Å². The van der Waals surface area contributed by atoms with Crippen LogP contribution in [0, 0.1) is 5.82 Å². The average Bonchev–Trinajstić information content (AvgIpc) is 2.62. The molecule has 1 unspecified atom stereocenters. The maximum Gasteiger partial charge on any atom is 0.225 e. The molecular weight excluding hydrogens is 307 g/mol. The molecular formula is C19H27FN2O2. The lowest BCUT2D eigenvalue weighted by Crippen LogP contribution is -2.49. The van der Waals surface area contributed by atoms with Crippen molar-refractivity contribution in [3.8, 4) is 0 Å². The summed E-state index contributed by atoms with van der Waals surface area (Å²) in [6, 6.07) is 6.96. The number of halogens is 1. The number of carbonyl (C=O) groups excluding carboxylic acids is 1. The highest BCUT2D eigenvalue weighted by Crippen LogP contribution is 2.17. The second-order valence-corrected chi connectivity index (χ2v) is 6.76. The first-order valence-electron chi connectivity index (χ1n) is 9.07. The van der Waals surface area contributed by atoms with Crippen molar-refractivity contribution in [1.29, 1.82) is 0 Å². The van der Waals surface area contributed by atoms with E-state index in [1.165, 1.54) is 12.5 Å². The Balaban J connectivity index is 1.39. The van der Waals surface area contributed by atoms with Crippen LogP contribution >= 0.6 is 0 Å². The summed E-state index contributed by atoms with van der Waals surface area (Å²) in [5.74, 6) is 0.0921. The van der Waals surface area contributed by atoms with E-state index in [-0.39, 0.29) is 17.8 Å². The Labute approximate surface area is 143 Å². The smallest absolute Gasteiger partial charge is 0.225 e.